The van der Waals surface area contributed by atoms with Crippen LogP contribution in [-0.2, 0) is 16.1 Å². The maximum atomic E-state index is 11.7. The van der Waals surface area contributed by atoms with Gasteiger partial charge in [-0.05, 0) is 11.5 Å². The van der Waals surface area contributed by atoms with Gasteiger partial charge in [0.25, 0.3) is 0 Å². The SMILES string of the molecule is CC(C)CNC(=O)C(CO)NC(=O)OCc1ccccc1. The van der Waals surface area contributed by atoms with Crippen molar-refractivity contribution in [3.8, 4) is 0 Å². The first kappa shape index (κ1) is 17.0. The van der Waals surface area contributed by atoms with E-state index in [2.05, 4.69) is 10.6 Å². The van der Waals surface area contributed by atoms with Crippen LogP contribution in [0.4, 0.5) is 4.79 Å². The summed E-state index contributed by atoms with van der Waals surface area (Å²) in [6.45, 7) is 4.02. The van der Waals surface area contributed by atoms with Crippen LogP contribution < -0.4 is 10.6 Å². The van der Waals surface area contributed by atoms with Crippen LogP contribution in [-0.4, -0.2) is 36.3 Å². The Morgan fingerprint density at radius 2 is 1.90 bits per heavy atom. The summed E-state index contributed by atoms with van der Waals surface area (Å²) in [6.07, 6.45) is -0.738. The fourth-order valence-electron chi connectivity index (χ4n) is 1.53. The second kappa shape index (κ2) is 8.97. The van der Waals surface area contributed by atoms with E-state index in [1.165, 1.54) is 0 Å². The van der Waals surface area contributed by atoms with Crippen molar-refractivity contribution >= 4 is 12.0 Å². The molecule has 0 bridgehead atoms. The number of rotatable bonds is 7. The van der Waals surface area contributed by atoms with Gasteiger partial charge in [-0.3, -0.25) is 4.79 Å². The molecule has 116 valence electrons. The molecule has 0 aromatic heterocycles. The second-order valence-electron chi connectivity index (χ2n) is 5.08. The van der Waals surface area contributed by atoms with Crippen molar-refractivity contribution in [2.45, 2.75) is 26.5 Å². The third kappa shape index (κ3) is 6.76. The number of nitrogens with one attached hydrogen (secondary N) is 2. The Kier molecular flexibility index (Phi) is 7.25. The maximum Gasteiger partial charge on any atom is 0.408 e. The number of alkyl carbamates (subject to hydrolysis) is 1. The van der Waals surface area contributed by atoms with Crippen LogP contribution in [0, 0.1) is 5.92 Å². The van der Waals surface area contributed by atoms with Crippen molar-refractivity contribution < 1.29 is 19.4 Å². The lowest BCUT2D eigenvalue weighted by Crippen LogP contribution is -2.49. The molecular weight excluding hydrogens is 272 g/mol. The Morgan fingerprint density at radius 1 is 1.24 bits per heavy atom. The zero-order chi connectivity index (χ0) is 15.7. The molecule has 1 unspecified atom stereocenters. The Hall–Kier alpha value is -2.08. The van der Waals surface area contributed by atoms with Crippen LogP contribution in [0.25, 0.3) is 0 Å². The number of aliphatic hydroxyl groups excluding tert-OH is 1. The van der Waals surface area contributed by atoms with E-state index < -0.39 is 24.6 Å². The van der Waals surface area contributed by atoms with Crippen molar-refractivity contribution in [3.05, 3.63) is 35.9 Å². The maximum absolute atomic E-state index is 11.7. The average Bonchev–Trinajstić information content (AvgIpc) is 2.49. The third-order valence-electron chi connectivity index (χ3n) is 2.69. The van der Waals surface area contributed by atoms with Crippen molar-refractivity contribution in [2.24, 2.45) is 5.92 Å². The topological polar surface area (TPSA) is 87.7 Å². The molecule has 0 aliphatic rings. The molecule has 2 amide bonds. The molecule has 0 fully saturated rings. The number of benzene rings is 1. The molecule has 6 heteroatoms. The minimum atomic E-state index is -1.01. The number of aliphatic hydroxyl groups is 1. The number of carbonyl (C=O) groups excluding carboxylic acids is 2. The highest BCUT2D eigenvalue weighted by molar-refractivity contribution is 5.85. The number of hydrogen-bond acceptors (Lipinski definition) is 4. The highest BCUT2D eigenvalue weighted by Gasteiger charge is 2.20. The number of amides is 2. The minimum Gasteiger partial charge on any atom is -0.445 e. The number of hydrogen-bond donors (Lipinski definition) is 3. The molecule has 1 rings (SSSR count). The monoisotopic (exact) mass is 294 g/mol. The van der Waals surface area contributed by atoms with Gasteiger partial charge in [-0.25, -0.2) is 4.79 Å². The van der Waals surface area contributed by atoms with E-state index in [4.69, 9.17) is 9.84 Å². The van der Waals surface area contributed by atoms with Crippen molar-refractivity contribution in [1.82, 2.24) is 10.6 Å². The van der Waals surface area contributed by atoms with E-state index in [0.717, 1.165) is 5.56 Å². The predicted octanol–water partition coefficient (Wildman–Crippen LogP) is 1.05. The predicted molar refractivity (Wildman–Crippen MR) is 78.5 cm³/mol. The smallest absolute Gasteiger partial charge is 0.408 e. The largest absolute Gasteiger partial charge is 0.445 e. The summed E-state index contributed by atoms with van der Waals surface area (Å²) in [5.74, 6) is -0.138. The van der Waals surface area contributed by atoms with Gasteiger partial charge in [-0.15, -0.1) is 0 Å². The van der Waals surface area contributed by atoms with Crippen LogP contribution in [0.5, 0.6) is 0 Å². The molecule has 1 aromatic rings. The fraction of sp³-hybridized carbons (Fsp3) is 0.467. The molecule has 6 nitrogen and oxygen atoms in total. The van der Waals surface area contributed by atoms with E-state index in [9.17, 15) is 9.59 Å². The lowest BCUT2D eigenvalue weighted by atomic mass is 10.2. The van der Waals surface area contributed by atoms with E-state index in [1.54, 1.807) is 0 Å². The van der Waals surface area contributed by atoms with Crippen molar-refractivity contribution in [2.75, 3.05) is 13.2 Å². The Balaban J connectivity index is 2.38. The molecule has 0 radical (unpaired) electrons. The number of ether oxygens (including phenoxy) is 1. The lowest BCUT2D eigenvalue weighted by Gasteiger charge is -2.17. The van der Waals surface area contributed by atoms with Gasteiger partial charge in [0, 0.05) is 6.54 Å². The Bertz CT molecular complexity index is 448. The molecule has 0 saturated carbocycles. The van der Waals surface area contributed by atoms with Gasteiger partial charge in [0.2, 0.25) is 5.91 Å². The van der Waals surface area contributed by atoms with E-state index in [0.29, 0.717) is 12.5 Å². The minimum absolute atomic E-state index is 0.110. The average molecular weight is 294 g/mol. The Labute approximate surface area is 124 Å². The molecule has 0 aliphatic heterocycles. The van der Waals surface area contributed by atoms with Crippen LogP contribution in [0.3, 0.4) is 0 Å². The number of carbonyl (C=O) groups is 2. The van der Waals surface area contributed by atoms with Gasteiger partial charge in [-0.2, -0.15) is 0 Å². The van der Waals surface area contributed by atoms with Gasteiger partial charge in [-0.1, -0.05) is 44.2 Å². The zero-order valence-corrected chi connectivity index (χ0v) is 12.3. The lowest BCUT2D eigenvalue weighted by molar-refractivity contribution is -0.124. The van der Waals surface area contributed by atoms with E-state index in [1.807, 2.05) is 44.2 Å². The molecule has 1 aromatic carbocycles. The van der Waals surface area contributed by atoms with E-state index in [-0.39, 0.29) is 6.61 Å². The summed E-state index contributed by atoms with van der Waals surface area (Å²) in [4.78, 5) is 23.4. The summed E-state index contributed by atoms with van der Waals surface area (Å²) >= 11 is 0. The second-order valence-corrected chi connectivity index (χ2v) is 5.08. The van der Waals surface area contributed by atoms with Gasteiger partial charge in [0.05, 0.1) is 6.61 Å². The molecule has 0 heterocycles. The quantitative estimate of drug-likeness (QED) is 0.701. The van der Waals surface area contributed by atoms with Crippen LogP contribution in [0.2, 0.25) is 0 Å². The molecular formula is C15H22N2O4. The molecule has 1 atom stereocenters. The first-order valence-electron chi connectivity index (χ1n) is 6.88. The van der Waals surface area contributed by atoms with Crippen LogP contribution in [0.1, 0.15) is 19.4 Å². The zero-order valence-electron chi connectivity index (χ0n) is 12.3. The normalized spacial score (nSPS) is 11.8. The first-order chi connectivity index (χ1) is 10.0. The van der Waals surface area contributed by atoms with Gasteiger partial charge < -0.3 is 20.5 Å². The van der Waals surface area contributed by atoms with Gasteiger partial charge in [0.1, 0.15) is 12.6 Å². The Morgan fingerprint density at radius 3 is 2.48 bits per heavy atom. The highest BCUT2D eigenvalue weighted by Crippen LogP contribution is 2.00. The van der Waals surface area contributed by atoms with Crippen molar-refractivity contribution in [1.29, 1.82) is 0 Å². The molecule has 0 saturated heterocycles. The summed E-state index contributed by atoms with van der Waals surface area (Å²) in [5.41, 5.74) is 0.845. The molecule has 0 spiro atoms. The van der Waals surface area contributed by atoms with Crippen LogP contribution in [0.15, 0.2) is 30.3 Å². The van der Waals surface area contributed by atoms with Gasteiger partial charge in [0.15, 0.2) is 0 Å². The van der Waals surface area contributed by atoms with Crippen LogP contribution >= 0.6 is 0 Å². The molecule has 0 aliphatic carbocycles. The fourth-order valence-corrected chi connectivity index (χ4v) is 1.53. The summed E-state index contributed by atoms with van der Waals surface area (Å²) in [7, 11) is 0. The van der Waals surface area contributed by atoms with Crippen molar-refractivity contribution in [3.63, 3.8) is 0 Å². The standard InChI is InChI=1S/C15H22N2O4/c1-11(2)8-16-14(19)13(9-18)17-15(20)21-10-12-6-4-3-5-7-12/h3-7,11,13,18H,8-10H2,1-2H3,(H,16,19)(H,17,20). The first-order valence-corrected chi connectivity index (χ1v) is 6.88. The van der Waals surface area contributed by atoms with Gasteiger partial charge >= 0.3 is 6.09 Å². The van der Waals surface area contributed by atoms with E-state index >= 15 is 0 Å². The summed E-state index contributed by atoms with van der Waals surface area (Å²) in [5, 5.41) is 14.1. The summed E-state index contributed by atoms with van der Waals surface area (Å²) < 4.78 is 4.99. The highest BCUT2D eigenvalue weighted by atomic mass is 16.5. The molecule has 21 heavy (non-hydrogen) atoms. The third-order valence-corrected chi connectivity index (χ3v) is 2.69. The molecule has 3 N–H and O–H groups in total. The summed E-state index contributed by atoms with van der Waals surface area (Å²) in [6, 6.07) is 8.19.